The van der Waals surface area contributed by atoms with Crippen LogP contribution in [0.15, 0.2) is 12.4 Å². The van der Waals surface area contributed by atoms with Crippen molar-refractivity contribution < 1.29 is 0 Å². The van der Waals surface area contributed by atoms with Crippen LogP contribution >= 0.6 is 11.6 Å². The summed E-state index contributed by atoms with van der Waals surface area (Å²) in [4.78, 5) is 8.16. The molecular weight excluding hydrogens is 186 g/mol. The lowest BCUT2D eigenvalue weighted by atomic mass is 9.69. The predicted molar refractivity (Wildman–Crippen MR) is 48.2 cm³/mol. The Bertz CT molecular complexity index is 348. The summed E-state index contributed by atoms with van der Waals surface area (Å²) in [5, 5.41) is 9.51. The molecule has 1 saturated carbocycles. The molecule has 2 rings (SSSR count). The SMILES string of the molecule is N#CC1(c2ncc(Cl)cn2)CCC1. The van der Waals surface area contributed by atoms with E-state index >= 15 is 0 Å². The molecule has 1 heterocycles. The molecule has 0 unspecified atom stereocenters. The summed E-state index contributed by atoms with van der Waals surface area (Å²) < 4.78 is 0. The molecule has 1 aromatic rings. The normalized spacial score (nSPS) is 18.8. The fraction of sp³-hybridized carbons (Fsp3) is 0.444. The van der Waals surface area contributed by atoms with E-state index in [1.807, 2.05) is 0 Å². The molecule has 1 aliphatic rings. The van der Waals surface area contributed by atoms with E-state index in [0.29, 0.717) is 10.8 Å². The van der Waals surface area contributed by atoms with Crippen molar-refractivity contribution in [3.05, 3.63) is 23.2 Å². The van der Waals surface area contributed by atoms with Gasteiger partial charge in [0.15, 0.2) is 0 Å². The van der Waals surface area contributed by atoms with Gasteiger partial charge in [-0.25, -0.2) is 9.97 Å². The highest BCUT2D eigenvalue weighted by Gasteiger charge is 2.41. The van der Waals surface area contributed by atoms with Gasteiger partial charge >= 0.3 is 0 Å². The summed E-state index contributed by atoms with van der Waals surface area (Å²) in [7, 11) is 0. The Kier molecular flexibility index (Phi) is 1.93. The van der Waals surface area contributed by atoms with E-state index in [2.05, 4.69) is 16.0 Å². The second-order valence-corrected chi connectivity index (χ2v) is 3.71. The molecular formula is C9H8ClN3. The van der Waals surface area contributed by atoms with Gasteiger partial charge < -0.3 is 0 Å². The second kappa shape index (κ2) is 2.97. The standard InChI is InChI=1S/C9H8ClN3/c10-7-4-12-8(13-5-7)9(6-11)2-1-3-9/h4-5H,1-3H2. The van der Waals surface area contributed by atoms with Crippen molar-refractivity contribution in [3.63, 3.8) is 0 Å². The zero-order valence-corrected chi connectivity index (χ0v) is 7.75. The van der Waals surface area contributed by atoms with E-state index in [1.54, 1.807) is 12.4 Å². The van der Waals surface area contributed by atoms with Gasteiger partial charge in [0.05, 0.1) is 11.1 Å². The van der Waals surface area contributed by atoms with Crippen molar-refractivity contribution in [3.8, 4) is 6.07 Å². The summed E-state index contributed by atoms with van der Waals surface area (Å²) in [5.41, 5.74) is -0.426. The summed E-state index contributed by atoms with van der Waals surface area (Å²) in [6, 6.07) is 2.28. The quantitative estimate of drug-likeness (QED) is 0.686. The Morgan fingerprint density at radius 3 is 2.38 bits per heavy atom. The lowest BCUT2D eigenvalue weighted by Crippen LogP contribution is -2.34. The molecule has 0 atom stereocenters. The Hall–Kier alpha value is -1.14. The van der Waals surface area contributed by atoms with Crippen molar-refractivity contribution in [2.75, 3.05) is 0 Å². The minimum absolute atomic E-state index is 0.426. The van der Waals surface area contributed by atoms with Crippen molar-refractivity contribution >= 4 is 11.6 Å². The van der Waals surface area contributed by atoms with Gasteiger partial charge in [0.1, 0.15) is 11.2 Å². The lowest BCUT2D eigenvalue weighted by molar-refractivity contribution is 0.307. The van der Waals surface area contributed by atoms with Gasteiger partial charge in [-0.05, 0) is 19.3 Å². The molecule has 0 saturated heterocycles. The summed E-state index contributed by atoms with van der Waals surface area (Å²) in [5.74, 6) is 0.616. The molecule has 1 aliphatic carbocycles. The van der Waals surface area contributed by atoms with Crippen LogP contribution in [0.3, 0.4) is 0 Å². The van der Waals surface area contributed by atoms with Crippen molar-refractivity contribution in [2.24, 2.45) is 0 Å². The largest absolute Gasteiger partial charge is 0.238 e. The fourth-order valence-electron chi connectivity index (χ4n) is 1.48. The minimum atomic E-state index is -0.426. The molecule has 4 heteroatoms. The van der Waals surface area contributed by atoms with Gasteiger partial charge in [0.2, 0.25) is 0 Å². The van der Waals surface area contributed by atoms with Gasteiger partial charge in [0, 0.05) is 12.4 Å². The molecule has 0 bridgehead atoms. The zero-order valence-electron chi connectivity index (χ0n) is 7.00. The van der Waals surface area contributed by atoms with Gasteiger partial charge in [-0.2, -0.15) is 5.26 Å². The molecule has 0 aliphatic heterocycles. The van der Waals surface area contributed by atoms with Gasteiger partial charge in [-0.3, -0.25) is 0 Å². The number of nitriles is 1. The number of hydrogen-bond acceptors (Lipinski definition) is 3. The molecule has 66 valence electrons. The number of aromatic nitrogens is 2. The van der Waals surface area contributed by atoms with Crippen LogP contribution in [0.5, 0.6) is 0 Å². The summed E-state index contributed by atoms with van der Waals surface area (Å²) in [6.45, 7) is 0. The molecule has 0 radical (unpaired) electrons. The van der Waals surface area contributed by atoms with E-state index in [1.165, 1.54) is 0 Å². The molecule has 1 aromatic heterocycles. The monoisotopic (exact) mass is 193 g/mol. The summed E-state index contributed by atoms with van der Waals surface area (Å²) in [6.07, 6.45) is 5.90. The number of rotatable bonds is 1. The third kappa shape index (κ3) is 1.27. The van der Waals surface area contributed by atoms with E-state index in [0.717, 1.165) is 19.3 Å². The second-order valence-electron chi connectivity index (χ2n) is 3.27. The third-order valence-electron chi connectivity index (χ3n) is 2.47. The first-order valence-electron chi connectivity index (χ1n) is 4.16. The molecule has 0 amide bonds. The van der Waals surface area contributed by atoms with Crippen molar-refractivity contribution in [1.29, 1.82) is 5.26 Å². The predicted octanol–water partition coefficient (Wildman–Crippen LogP) is 2.08. The highest BCUT2D eigenvalue weighted by atomic mass is 35.5. The van der Waals surface area contributed by atoms with Gasteiger partial charge in [0.25, 0.3) is 0 Å². The minimum Gasteiger partial charge on any atom is -0.238 e. The smallest absolute Gasteiger partial charge is 0.148 e. The Morgan fingerprint density at radius 2 is 2.00 bits per heavy atom. The lowest BCUT2D eigenvalue weighted by Gasteiger charge is -2.33. The van der Waals surface area contributed by atoms with Gasteiger partial charge in [-0.1, -0.05) is 11.6 Å². The first-order valence-corrected chi connectivity index (χ1v) is 4.54. The number of nitrogens with zero attached hydrogens (tertiary/aromatic N) is 3. The zero-order chi connectivity index (χ0) is 9.31. The Balaban J connectivity index is 2.35. The maximum atomic E-state index is 9.00. The molecule has 0 N–H and O–H groups in total. The highest BCUT2D eigenvalue weighted by Crippen LogP contribution is 2.41. The van der Waals surface area contributed by atoms with E-state index < -0.39 is 5.41 Å². The maximum Gasteiger partial charge on any atom is 0.148 e. The Labute approximate surface area is 81.4 Å². The van der Waals surface area contributed by atoms with Crippen LogP contribution in [0.1, 0.15) is 25.1 Å². The van der Waals surface area contributed by atoms with Crippen LogP contribution in [0.25, 0.3) is 0 Å². The third-order valence-corrected chi connectivity index (χ3v) is 2.66. The van der Waals surface area contributed by atoms with Crippen LogP contribution in [0.4, 0.5) is 0 Å². The average molecular weight is 194 g/mol. The van der Waals surface area contributed by atoms with Crippen LogP contribution in [0, 0.1) is 11.3 Å². The van der Waals surface area contributed by atoms with Crippen LogP contribution in [-0.2, 0) is 5.41 Å². The van der Waals surface area contributed by atoms with Gasteiger partial charge in [-0.15, -0.1) is 0 Å². The summed E-state index contributed by atoms with van der Waals surface area (Å²) >= 11 is 5.66. The molecule has 0 spiro atoms. The number of halogens is 1. The maximum absolute atomic E-state index is 9.00. The molecule has 0 aromatic carbocycles. The van der Waals surface area contributed by atoms with E-state index in [-0.39, 0.29) is 0 Å². The molecule has 13 heavy (non-hydrogen) atoms. The molecule has 1 fully saturated rings. The topological polar surface area (TPSA) is 49.6 Å². The van der Waals surface area contributed by atoms with Crippen LogP contribution in [-0.4, -0.2) is 9.97 Å². The van der Waals surface area contributed by atoms with Crippen molar-refractivity contribution in [1.82, 2.24) is 9.97 Å². The van der Waals surface area contributed by atoms with E-state index in [4.69, 9.17) is 16.9 Å². The first-order chi connectivity index (χ1) is 6.27. The first kappa shape index (κ1) is 8.46. The van der Waals surface area contributed by atoms with Crippen LogP contribution in [0.2, 0.25) is 5.02 Å². The Morgan fingerprint density at radius 1 is 1.38 bits per heavy atom. The van der Waals surface area contributed by atoms with Crippen molar-refractivity contribution in [2.45, 2.75) is 24.7 Å². The average Bonchev–Trinajstić information content (AvgIpc) is 2.07. The number of hydrogen-bond donors (Lipinski definition) is 0. The molecule has 3 nitrogen and oxygen atoms in total. The van der Waals surface area contributed by atoms with E-state index in [9.17, 15) is 0 Å². The van der Waals surface area contributed by atoms with Crippen LogP contribution < -0.4 is 0 Å². The highest BCUT2D eigenvalue weighted by molar-refractivity contribution is 6.30. The fourth-order valence-corrected chi connectivity index (χ4v) is 1.57.